The normalized spacial score (nSPS) is 12.3. The van der Waals surface area contributed by atoms with Crippen molar-refractivity contribution in [3.63, 3.8) is 0 Å². The molecule has 0 saturated carbocycles. The molecule has 1 atom stereocenters. The van der Waals surface area contributed by atoms with Crippen LogP contribution in [0.2, 0.25) is 0 Å². The summed E-state index contributed by atoms with van der Waals surface area (Å²) < 4.78 is 19.5. The zero-order valence-electron chi connectivity index (χ0n) is 11.4. The minimum atomic E-state index is -0.395. The number of halogens is 1. The van der Waals surface area contributed by atoms with Crippen molar-refractivity contribution in [3.8, 4) is 11.5 Å². The maximum Gasteiger partial charge on any atom is 0.166 e. The van der Waals surface area contributed by atoms with Gasteiger partial charge in [-0.3, -0.25) is 0 Å². The van der Waals surface area contributed by atoms with Gasteiger partial charge in [0, 0.05) is 6.04 Å². The SMILES string of the molecule is Cc1ccc(Oc2ccc([C@H](C)N)cc2F)cc1C. The summed E-state index contributed by atoms with van der Waals surface area (Å²) in [7, 11) is 0. The quantitative estimate of drug-likeness (QED) is 0.894. The molecule has 2 N–H and O–H groups in total. The molecule has 0 radical (unpaired) electrons. The van der Waals surface area contributed by atoms with Crippen LogP contribution in [-0.2, 0) is 0 Å². The van der Waals surface area contributed by atoms with Crippen LogP contribution in [-0.4, -0.2) is 0 Å². The zero-order valence-corrected chi connectivity index (χ0v) is 11.4. The summed E-state index contributed by atoms with van der Waals surface area (Å²) in [5, 5.41) is 0. The Kier molecular flexibility index (Phi) is 3.86. The Bertz CT molecular complexity index is 593. The third-order valence-corrected chi connectivity index (χ3v) is 3.19. The van der Waals surface area contributed by atoms with Gasteiger partial charge in [-0.1, -0.05) is 12.1 Å². The third-order valence-electron chi connectivity index (χ3n) is 3.19. The summed E-state index contributed by atoms with van der Waals surface area (Å²) in [6, 6.07) is 10.3. The molecule has 0 spiro atoms. The zero-order chi connectivity index (χ0) is 14.0. The van der Waals surface area contributed by atoms with Crippen molar-refractivity contribution in [1.82, 2.24) is 0 Å². The highest BCUT2D eigenvalue weighted by Crippen LogP contribution is 2.27. The van der Waals surface area contributed by atoms with E-state index in [-0.39, 0.29) is 11.8 Å². The smallest absolute Gasteiger partial charge is 0.166 e. The third kappa shape index (κ3) is 3.12. The van der Waals surface area contributed by atoms with Crippen LogP contribution < -0.4 is 10.5 Å². The molecule has 0 fully saturated rings. The maximum absolute atomic E-state index is 13.9. The topological polar surface area (TPSA) is 35.2 Å². The molecule has 2 aromatic rings. The monoisotopic (exact) mass is 259 g/mol. The summed E-state index contributed by atoms with van der Waals surface area (Å²) in [5.41, 5.74) is 8.77. The van der Waals surface area contributed by atoms with E-state index in [0.717, 1.165) is 11.1 Å². The average Bonchev–Trinajstić information content (AvgIpc) is 2.36. The molecule has 0 amide bonds. The van der Waals surface area contributed by atoms with Crippen molar-refractivity contribution in [1.29, 1.82) is 0 Å². The Hall–Kier alpha value is -1.87. The fourth-order valence-electron chi connectivity index (χ4n) is 1.79. The Labute approximate surface area is 113 Å². The van der Waals surface area contributed by atoms with Crippen molar-refractivity contribution in [3.05, 3.63) is 58.9 Å². The van der Waals surface area contributed by atoms with E-state index in [1.165, 1.54) is 11.6 Å². The van der Waals surface area contributed by atoms with Gasteiger partial charge >= 0.3 is 0 Å². The molecule has 2 aromatic carbocycles. The van der Waals surface area contributed by atoms with E-state index in [9.17, 15) is 4.39 Å². The van der Waals surface area contributed by atoms with Crippen molar-refractivity contribution in [2.24, 2.45) is 5.73 Å². The average molecular weight is 259 g/mol. The van der Waals surface area contributed by atoms with Crippen molar-refractivity contribution in [2.45, 2.75) is 26.8 Å². The molecule has 0 heterocycles. The van der Waals surface area contributed by atoms with Crippen molar-refractivity contribution < 1.29 is 9.13 Å². The van der Waals surface area contributed by atoms with Crippen molar-refractivity contribution >= 4 is 0 Å². The predicted octanol–water partition coefficient (Wildman–Crippen LogP) is 4.25. The van der Waals surface area contributed by atoms with E-state index >= 15 is 0 Å². The van der Waals surface area contributed by atoms with Gasteiger partial charge in [0.25, 0.3) is 0 Å². The first-order valence-electron chi connectivity index (χ1n) is 6.27. The first kappa shape index (κ1) is 13.6. The highest BCUT2D eigenvalue weighted by atomic mass is 19.1. The van der Waals surface area contributed by atoms with Gasteiger partial charge in [0.2, 0.25) is 0 Å². The largest absolute Gasteiger partial charge is 0.454 e. The molecule has 0 saturated heterocycles. The van der Waals surface area contributed by atoms with Gasteiger partial charge in [0.15, 0.2) is 11.6 Å². The predicted molar refractivity (Wildman–Crippen MR) is 75.0 cm³/mol. The van der Waals surface area contributed by atoms with Crippen LogP contribution in [0.25, 0.3) is 0 Å². The van der Waals surface area contributed by atoms with Gasteiger partial charge in [-0.05, 0) is 61.7 Å². The summed E-state index contributed by atoms with van der Waals surface area (Å²) in [5.74, 6) is 0.455. The van der Waals surface area contributed by atoms with Crippen LogP contribution >= 0.6 is 0 Å². The lowest BCUT2D eigenvalue weighted by Gasteiger charge is -2.11. The number of hydrogen-bond acceptors (Lipinski definition) is 2. The lowest BCUT2D eigenvalue weighted by atomic mass is 10.1. The minimum absolute atomic E-state index is 0.190. The molecule has 0 unspecified atom stereocenters. The van der Waals surface area contributed by atoms with Gasteiger partial charge in [-0.25, -0.2) is 4.39 Å². The molecule has 0 aliphatic rings. The number of aryl methyl sites for hydroxylation is 2. The second-order valence-corrected chi connectivity index (χ2v) is 4.83. The first-order chi connectivity index (χ1) is 8.97. The molecular formula is C16H18FNO. The molecule has 0 aliphatic carbocycles. The fourth-order valence-corrected chi connectivity index (χ4v) is 1.79. The van der Waals surface area contributed by atoms with Gasteiger partial charge in [-0.2, -0.15) is 0 Å². The minimum Gasteiger partial charge on any atom is -0.454 e. The number of ether oxygens (including phenoxy) is 1. The van der Waals surface area contributed by atoms with Gasteiger partial charge < -0.3 is 10.5 Å². The Balaban J connectivity index is 2.25. The molecule has 0 aromatic heterocycles. The van der Waals surface area contributed by atoms with Gasteiger partial charge in [0.05, 0.1) is 0 Å². The molecule has 3 heteroatoms. The molecular weight excluding hydrogens is 241 g/mol. The molecule has 2 rings (SSSR count). The van der Waals surface area contributed by atoms with Crippen LogP contribution in [0.4, 0.5) is 4.39 Å². The molecule has 0 aliphatic heterocycles. The maximum atomic E-state index is 13.9. The lowest BCUT2D eigenvalue weighted by Crippen LogP contribution is -2.05. The van der Waals surface area contributed by atoms with Crippen LogP contribution in [0, 0.1) is 19.7 Å². The highest BCUT2D eigenvalue weighted by molar-refractivity contribution is 5.38. The second kappa shape index (κ2) is 5.41. The van der Waals surface area contributed by atoms with Crippen LogP contribution in [0.3, 0.4) is 0 Å². The number of nitrogens with two attached hydrogens (primary N) is 1. The number of rotatable bonds is 3. The standard InChI is InChI=1S/C16H18FNO/c1-10-4-6-14(8-11(10)2)19-16-7-5-13(12(3)18)9-15(16)17/h4-9,12H,18H2,1-3H3/t12-/m0/s1. The Morgan fingerprint density at radius 2 is 1.79 bits per heavy atom. The lowest BCUT2D eigenvalue weighted by molar-refractivity contribution is 0.441. The van der Waals surface area contributed by atoms with E-state index in [1.807, 2.05) is 39.0 Å². The highest BCUT2D eigenvalue weighted by Gasteiger charge is 2.08. The van der Waals surface area contributed by atoms with E-state index < -0.39 is 5.82 Å². The van der Waals surface area contributed by atoms with Gasteiger partial charge in [-0.15, -0.1) is 0 Å². The van der Waals surface area contributed by atoms with Crippen LogP contribution in [0.1, 0.15) is 29.7 Å². The molecule has 2 nitrogen and oxygen atoms in total. The Morgan fingerprint density at radius 3 is 2.37 bits per heavy atom. The molecule has 0 bridgehead atoms. The summed E-state index contributed by atoms with van der Waals surface area (Å²) in [4.78, 5) is 0. The van der Waals surface area contributed by atoms with Crippen LogP contribution in [0.15, 0.2) is 36.4 Å². The number of benzene rings is 2. The van der Waals surface area contributed by atoms with Crippen LogP contribution in [0.5, 0.6) is 11.5 Å². The van der Waals surface area contributed by atoms with E-state index in [0.29, 0.717) is 5.75 Å². The fraction of sp³-hybridized carbons (Fsp3) is 0.250. The second-order valence-electron chi connectivity index (χ2n) is 4.83. The van der Waals surface area contributed by atoms with E-state index in [4.69, 9.17) is 10.5 Å². The Morgan fingerprint density at radius 1 is 1.05 bits per heavy atom. The summed E-state index contributed by atoms with van der Waals surface area (Å²) >= 11 is 0. The number of hydrogen-bond donors (Lipinski definition) is 1. The molecule has 19 heavy (non-hydrogen) atoms. The van der Waals surface area contributed by atoms with Crippen molar-refractivity contribution in [2.75, 3.05) is 0 Å². The molecule has 100 valence electrons. The summed E-state index contributed by atoms with van der Waals surface area (Å²) in [6.07, 6.45) is 0. The van der Waals surface area contributed by atoms with E-state index in [1.54, 1.807) is 12.1 Å². The van der Waals surface area contributed by atoms with E-state index in [2.05, 4.69) is 0 Å². The first-order valence-corrected chi connectivity index (χ1v) is 6.27. The summed E-state index contributed by atoms with van der Waals surface area (Å²) in [6.45, 7) is 5.84. The van der Waals surface area contributed by atoms with Gasteiger partial charge in [0.1, 0.15) is 5.75 Å².